The summed E-state index contributed by atoms with van der Waals surface area (Å²) >= 11 is 0. The number of hydrogen-bond donors (Lipinski definition) is 0. The lowest BCUT2D eigenvalue weighted by Crippen LogP contribution is -2.29. The minimum atomic E-state index is -0.503. The number of methoxy groups -OCH3 is 1. The summed E-state index contributed by atoms with van der Waals surface area (Å²) < 4.78 is 10.4. The third-order valence-electron chi connectivity index (χ3n) is 4.18. The van der Waals surface area contributed by atoms with E-state index in [1.807, 2.05) is 6.92 Å². The highest BCUT2D eigenvalue weighted by Gasteiger charge is 2.38. The van der Waals surface area contributed by atoms with E-state index in [4.69, 9.17) is 9.47 Å². The number of para-hydroxylation sites is 2. The second-order valence-corrected chi connectivity index (χ2v) is 5.87. The molecule has 0 unspecified atom stereocenters. The van der Waals surface area contributed by atoms with E-state index in [9.17, 15) is 14.4 Å². The van der Waals surface area contributed by atoms with Crippen LogP contribution in [-0.2, 0) is 4.74 Å². The molecule has 6 heteroatoms. The van der Waals surface area contributed by atoms with E-state index in [0.29, 0.717) is 18.0 Å². The molecule has 0 saturated carbocycles. The molecule has 0 N–H and O–H groups in total. The van der Waals surface area contributed by atoms with E-state index in [1.165, 1.54) is 25.3 Å². The van der Waals surface area contributed by atoms with Crippen LogP contribution in [0.25, 0.3) is 0 Å². The molecule has 134 valence electrons. The monoisotopic (exact) mass is 353 g/mol. The van der Waals surface area contributed by atoms with Crippen molar-refractivity contribution in [3.8, 4) is 5.75 Å². The fourth-order valence-electron chi connectivity index (χ4n) is 2.79. The number of amides is 2. The van der Waals surface area contributed by atoms with Gasteiger partial charge < -0.3 is 9.47 Å². The van der Waals surface area contributed by atoms with Gasteiger partial charge in [-0.3, -0.25) is 9.59 Å². The van der Waals surface area contributed by atoms with Gasteiger partial charge in [-0.05, 0) is 36.8 Å². The van der Waals surface area contributed by atoms with Gasteiger partial charge in [0.15, 0.2) is 0 Å². The van der Waals surface area contributed by atoms with Crippen LogP contribution < -0.4 is 9.64 Å². The summed E-state index contributed by atoms with van der Waals surface area (Å²) in [6.07, 6.45) is 1.69. The molecule has 1 aliphatic heterocycles. The number of carbonyl (C=O) groups excluding carboxylic acids is 3. The first-order valence-electron chi connectivity index (χ1n) is 8.41. The fraction of sp³-hybridized carbons (Fsp3) is 0.250. The molecule has 0 atom stereocenters. The summed E-state index contributed by atoms with van der Waals surface area (Å²) in [5.41, 5.74) is 1.06. The van der Waals surface area contributed by atoms with Crippen LogP contribution in [0, 0.1) is 0 Å². The van der Waals surface area contributed by atoms with Crippen LogP contribution in [0.5, 0.6) is 5.75 Å². The summed E-state index contributed by atoms with van der Waals surface area (Å²) in [4.78, 5) is 38.7. The molecule has 2 aromatic rings. The third kappa shape index (κ3) is 3.06. The molecule has 2 amide bonds. The molecule has 0 aliphatic carbocycles. The summed E-state index contributed by atoms with van der Waals surface area (Å²) in [6, 6.07) is 11.2. The number of anilines is 1. The number of imide groups is 1. The molecule has 0 fully saturated rings. The number of rotatable bonds is 6. The van der Waals surface area contributed by atoms with E-state index >= 15 is 0 Å². The summed E-state index contributed by atoms with van der Waals surface area (Å²) in [5.74, 6) is -1.02. The molecule has 2 aromatic carbocycles. The summed E-state index contributed by atoms with van der Waals surface area (Å²) in [7, 11) is 1.47. The molecular weight excluding hydrogens is 334 g/mol. The highest BCUT2D eigenvalue weighted by atomic mass is 16.5. The lowest BCUT2D eigenvalue weighted by Gasteiger charge is -2.16. The SMILES string of the molecule is CCCCOC(=O)c1ccc2c(c1)C(=O)N(c1ccccc1OC)C2=O. The Morgan fingerprint density at radius 1 is 1.04 bits per heavy atom. The van der Waals surface area contributed by atoms with Gasteiger partial charge in [-0.2, -0.15) is 0 Å². The van der Waals surface area contributed by atoms with Crippen molar-refractivity contribution in [1.82, 2.24) is 0 Å². The van der Waals surface area contributed by atoms with Crippen molar-refractivity contribution in [1.29, 1.82) is 0 Å². The molecule has 0 radical (unpaired) electrons. The first-order valence-corrected chi connectivity index (χ1v) is 8.41. The van der Waals surface area contributed by atoms with Crippen LogP contribution in [0.4, 0.5) is 5.69 Å². The van der Waals surface area contributed by atoms with Gasteiger partial charge in [0.1, 0.15) is 5.75 Å². The predicted molar refractivity (Wildman–Crippen MR) is 95.8 cm³/mol. The highest BCUT2D eigenvalue weighted by Crippen LogP contribution is 2.34. The zero-order valence-corrected chi connectivity index (χ0v) is 14.7. The minimum Gasteiger partial charge on any atom is -0.495 e. The Morgan fingerprint density at radius 2 is 1.77 bits per heavy atom. The smallest absolute Gasteiger partial charge is 0.338 e. The van der Waals surface area contributed by atoms with Crippen molar-refractivity contribution in [2.75, 3.05) is 18.6 Å². The van der Waals surface area contributed by atoms with Crippen molar-refractivity contribution in [2.24, 2.45) is 0 Å². The maximum Gasteiger partial charge on any atom is 0.338 e. The number of esters is 1. The van der Waals surface area contributed by atoms with E-state index in [2.05, 4.69) is 0 Å². The molecular formula is C20H19NO5. The largest absolute Gasteiger partial charge is 0.495 e. The predicted octanol–water partition coefficient (Wildman–Crippen LogP) is 3.45. The average molecular weight is 353 g/mol. The number of unbranched alkanes of at least 4 members (excludes halogenated alkanes) is 1. The van der Waals surface area contributed by atoms with Crippen molar-refractivity contribution in [2.45, 2.75) is 19.8 Å². The van der Waals surface area contributed by atoms with Gasteiger partial charge in [-0.1, -0.05) is 25.5 Å². The summed E-state index contributed by atoms with van der Waals surface area (Å²) in [5, 5.41) is 0. The number of hydrogen-bond acceptors (Lipinski definition) is 5. The lowest BCUT2D eigenvalue weighted by atomic mass is 10.1. The van der Waals surface area contributed by atoms with E-state index in [0.717, 1.165) is 17.7 Å². The van der Waals surface area contributed by atoms with Crippen LogP contribution >= 0.6 is 0 Å². The van der Waals surface area contributed by atoms with Crippen LogP contribution in [0.15, 0.2) is 42.5 Å². The van der Waals surface area contributed by atoms with Crippen molar-refractivity contribution >= 4 is 23.5 Å². The van der Waals surface area contributed by atoms with E-state index in [1.54, 1.807) is 24.3 Å². The van der Waals surface area contributed by atoms with Crippen molar-refractivity contribution in [3.63, 3.8) is 0 Å². The summed E-state index contributed by atoms with van der Waals surface area (Å²) in [6.45, 7) is 2.33. The normalized spacial score (nSPS) is 12.9. The molecule has 3 rings (SSSR count). The second kappa shape index (κ2) is 7.39. The lowest BCUT2D eigenvalue weighted by molar-refractivity contribution is 0.0499. The Labute approximate surface area is 151 Å². The molecule has 0 spiro atoms. The van der Waals surface area contributed by atoms with E-state index in [-0.39, 0.29) is 16.7 Å². The molecule has 26 heavy (non-hydrogen) atoms. The van der Waals surface area contributed by atoms with Gasteiger partial charge in [0.25, 0.3) is 11.8 Å². The molecule has 1 aliphatic rings. The van der Waals surface area contributed by atoms with Gasteiger partial charge >= 0.3 is 5.97 Å². The Kier molecular flexibility index (Phi) is 5.02. The quantitative estimate of drug-likeness (QED) is 0.452. The minimum absolute atomic E-state index is 0.186. The number of fused-ring (bicyclic) bond motifs is 1. The Hall–Kier alpha value is -3.15. The number of ether oxygens (including phenoxy) is 2. The standard InChI is InChI=1S/C20H19NO5/c1-3-4-11-26-20(24)13-9-10-14-15(12-13)19(23)21(18(14)22)16-7-5-6-8-17(16)25-2/h5-10,12H,3-4,11H2,1-2H3. The number of carbonyl (C=O) groups is 3. The van der Waals surface area contributed by atoms with Crippen molar-refractivity contribution < 1.29 is 23.9 Å². The maximum absolute atomic E-state index is 12.8. The van der Waals surface area contributed by atoms with Gasteiger partial charge in [0.2, 0.25) is 0 Å². The maximum atomic E-state index is 12.8. The van der Waals surface area contributed by atoms with Crippen LogP contribution in [0.2, 0.25) is 0 Å². The van der Waals surface area contributed by atoms with E-state index < -0.39 is 17.8 Å². The van der Waals surface area contributed by atoms with Gasteiger partial charge in [0.05, 0.1) is 36.1 Å². The molecule has 1 heterocycles. The molecule has 0 saturated heterocycles. The zero-order valence-electron chi connectivity index (χ0n) is 14.7. The molecule has 0 bridgehead atoms. The fourth-order valence-corrected chi connectivity index (χ4v) is 2.79. The molecule has 0 aromatic heterocycles. The van der Waals surface area contributed by atoms with Gasteiger partial charge in [-0.25, -0.2) is 9.69 Å². The van der Waals surface area contributed by atoms with Gasteiger partial charge in [-0.15, -0.1) is 0 Å². The second-order valence-electron chi connectivity index (χ2n) is 5.87. The van der Waals surface area contributed by atoms with Crippen LogP contribution in [0.3, 0.4) is 0 Å². The highest BCUT2D eigenvalue weighted by molar-refractivity contribution is 6.35. The average Bonchev–Trinajstić information content (AvgIpc) is 2.92. The molecule has 6 nitrogen and oxygen atoms in total. The number of benzene rings is 2. The zero-order chi connectivity index (χ0) is 18.7. The third-order valence-corrected chi connectivity index (χ3v) is 4.18. The topological polar surface area (TPSA) is 72.9 Å². The van der Waals surface area contributed by atoms with Crippen LogP contribution in [-0.4, -0.2) is 31.5 Å². The Balaban J connectivity index is 1.92. The Morgan fingerprint density at radius 3 is 2.50 bits per heavy atom. The number of nitrogens with zero attached hydrogens (tertiary/aromatic N) is 1. The van der Waals surface area contributed by atoms with Crippen molar-refractivity contribution in [3.05, 3.63) is 59.2 Å². The first-order chi connectivity index (χ1) is 12.6. The van der Waals surface area contributed by atoms with Gasteiger partial charge in [0, 0.05) is 0 Å². The Bertz CT molecular complexity index is 874. The first kappa shape index (κ1) is 17.7. The van der Waals surface area contributed by atoms with Crippen LogP contribution in [0.1, 0.15) is 50.8 Å².